The molecule has 1 saturated heterocycles. The maximum atomic E-state index is 13.2. The lowest BCUT2D eigenvalue weighted by molar-refractivity contribution is 0.102. The van der Waals surface area contributed by atoms with Gasteiger partial charge < -0.3 is 15.2 Å². The molecule has 7 heteroatoms. The molecule has 1 fully saturated rings. The zero-order valence-corrected chi connectivity index (χ0v) is 20.1. The van der Waals surface area contributed by atoms with Gasteiger partial charge in [0.05, 0.1) is 11.0 Å². The quantitative estimate of drug-likeness (QED) is 0.377. The molecule has 0 bridgehead atoms. The van der Waals surface area contributed by atoms with Crippen molar-refractivity contribution < 1.29 is 4.79 Å². The van der Waals surface area contributed by atoms with Crippen LogP contribution in [0, 0.1) is 0 Å². The van der Waals surface area contributed by atoms with E-state index in [-0.39, 0.29) is 5.91 Å². The van der Waals surface area contributed by atoms with Crippen molar-refractivity contribution in [1.29, 1.82) is 0 Å². The zero-order valence-electron chi connectivity index (χ0n) is 19.3. The van der Waals surface area contributed by atoms with Crippen molar-refractivity contribution in [3.05, 3.63) is 89.5 Å². The minimum atomic E-state index is -0.0856. The number of para-hydroxylation sites is 2. The van der Waals surface area contributed by atoms with E-state index >= 15 is 0 Å². The van der Waals surface area contributed by atoms with Gasteiger partial charge in [-0.2, -0.15) is 0 Å². The Morgan fingerprint density at radius 1 is 1.00 bits per heavy atom. The lowest BCUT2D eigenvalue weighted by Gasteiger charge is -2.32. The highest BCUT2D eigenvalue weighted by Crippen LogP contribution is 2.25. The van der Waals surface area contributed by atoms with Gasteiger partial charge in [0.1, 0.15) is 0 Å². The van der Waals surface area contributed by atoms with Gasteiger partial charge in [-0.25, -0.2) is 4.98 Å². The Morgan fingerprint density at radius 2 is 1.79 bits per heavy atom. The van der Waals surface area contributed by atoms with E-state index in [2.05, 4.69) is 44.3 Å². The smallest absolute Gasteiger partial charge is 0.255 e. The number of hydrogen-bond donors (Lipinski definition) is 2. The van der Waals surface area contributed by atoms with Crippen LogP contribution in [0.1, 0.15) is 21.5 Å². The van der Waals surface area contributed by atoms with Crippen molar-refractivity contribution in [1.82, 2.24) is 19.8 Å². The molecule has 0 atom stereocenters. The average Bonchev–Trinajstić information content (AvgIpc) is 3.28. The zero-order chi connectivity index (χ0) is 23.3. The second-order valence-electron chi connectivity index (χ2n) is 8.74. The number of aromatic nitrogens is 2. The Morgan fingerprint density at radius 3 is 2.65 bits per heavy atom. The minimum Gasteiger partial charge on any atom is -0.333 e. The number of carbonyl (C=O) groups excluding carboxylic acids is 1. The van der Waals surface area contributed by atoms with Crippen molar-refractivity contribution >= 4 is 34.4 Å². The van der Waals surface area contributed by atoms with Crippen LogP contribution in [-0.4, -0.2) is 58.9 Å². The summed E-state index contributed by atoms with van der Waals surface area (Å²) in [5, 5.41) is 3.96. The number of likely N-dealkylation sites (N-methyl/N-ethyl adjacent to an activating group) is 1. The molecule has 4 aromatic rings. The molecule has 1 aromatic heterocycles. The maximum Gasteiger partial charge on any atom is 0.255 e. The second kappa shape index (κ2) is 10.4. The SMILES string of the molecule is CN1CCN(Cc2cccc(NC(=O)c3ccccc3CSc3nc4ccccc4[nH]3)c2)CC1. The molecule has 0 radical (unpaired) electrons. The second-order valence-corrected chi connectivity index (χ2v) is 9.70. The Kier molecular flexibility index (Phi) is 6.94. The van der Waals surface area contributed by atoms with Crippen LogP contribution < -0.4 is 5.32 Å². The number of hydrogen-bond acceptors (Lipinski definition) is 5. The highest BCUT2D eigenvalue weighted by molar-refractivity contribution is 7.98. The number of aromatic amines is 1. The number of imidazole rings is 1. The first-order valence-corrected chi connectivity index (χ1v) is 12.6. The van der Waals surface area contributed by atoms with E-state index in [4.69, 9.17) is 0 Å². The molecule has 5 rings (SSSR count). The summed E-state index contributed by atoms with van der Waals surface area (Å²) in [6, 6.07) is 24.0. The van der Waals surface area contributed by atoms with Gasteiger partial charge in [0.25, 0.3) is 5.91 Å². The van der Waals surface area contributed by atoms with Gasteiger partial charge in [0.2, 0.25) is 0 Å². The van der Waals surface area contributed by atoms with E-state index in [0.717, 1.165) is 60.2 Å². The Bertz CT molecular complexity index is 1250. The normalized spacial score (nSPS) is 15.0. The molecule has 0 spiro atoms. The van der Waals surface area contributed by atoms with Gasteiger partial charge >= 0.3 is 0 Å². The predicted molar refractivity (Wildman–Crippen MR) is 139 cm³/mol. The van der Waals surface area contributed by atoms with Crippen molar-refractivity contribution in [3.63, 3.8) is 0 Å². The third-order valence-electron chi connectivity index (χ3n) is 6.18. The standard InChI is InChI=1S/C27H29N5OS/c1-31-13-15-32(16-14-31)18-20-7-6-9-22(17-20)28-26(33)23-10-3-2-8-21(23)19-34-27-29-24-11-4-5-12-25(24)30-27/h2-12,17H,13-16,18-19H2,1H3,(H,28,33)(H,29,30). The lowest BCUT2D eigenvalue weighted by Crippen LogP contribution is -2.43. The minimum absolute atomic E-state index is 0.0856. The summed E-state index contributed by atoms with van der Waals surface area (Å²) >= 11 is 1.60. The molecule has 0 saturated carbocycles. The first kappa shape index (κ1) is 22.7. The molecular formula is C27H29N5OS. The van der Waals surface area contributed by atoms with Gasteiger partial charge in [-0.3, -0.25) is 9.69 Å². The van der Waals surface area contributed by atoms with Crippen LogP contribution in [0.15, 0.2) is 78.0 Å². The highest BCUT2D eigenvalue weighted by Gasteiger charge is 2.15. The number of anilines is 1. The highest BCUT2D eigenvalue weighted by atomic mass is 32.2. The number of piperazine rings is 1. The monoisotopic (exact) mass is 471 g/mol. The molecule has 34 heavy (non-hydrogen) atoms. The third-order valence-corrected chi connectivity index (χ3v) is 7.10. The van der Waals surface area contributed by atoms with Crippen LogP contribution >= 0.6 is 11.8 Å². The van der Waals surface area contributed by atoms with Crippen LogP contribution in [0.4, 0.5) is 5.69 Å². The number of nitrogens with one attached hydrogen (secondary N) is 2. The first-order valence-electron chi connectivity index (χ1n) is 11.6. The molecule has 2 N–H and O–H groups in total. The van der Waals surface area contributed by atoms with Gasteiger partial charge in [0.15, 0.2) is 5.16 Å². The fraction of sp³-hybridized carbons (Fsp3) is 0.259. The Hall–Kier alpha value is -3.13. The first-order chi connectivity index (χ1) is 16.6. The van der Waals surface area contributed by atoms with E-state index in [1.54, 1.807) is 11.8 Å². The average molecular weight is 472 g/mol. The molecule has 1 amide bonds. The van der Waals surface area contributed by atoms with E-state index in [1.165, 1.54) is 5.56 Å². The van der Waals surface area contributed by atoms with Gasteiger partial charge in [-0.05, 0) is 48.5 Å². The molecule has 0 unspecified atom stereocenters. The molecule has 1 aliphatic heterocycles. The third kappa shape index (κ3) is 5.50. The maximum absolute atomic E-state index is 13.2. The fourth-order valence-corrected chi connectivity index (χ4v) is 5.11. The summed E-state index contributed by atoms with van der Waals surface area (Å²) in [5.74, 6) is 0.574. The molecule has 174 valence electrons. The van der Waals surface area contributed by atoms with Gasteiger partial charge in [0, 0.05) is 49.7 Å². The summed E-state index contributed by atoms with van der Waals surface area (Å²) in [4.78, 5) is 26.0. The number of rotatable bonds is 7. The van der Waals surface area contributed by atoms with Crippen molar-refractivity contribution in [2.24, 2.45) is 0 Å². The van der Waals surface area contributed by atoms with E-state index in [0.29, 0.717) is 11.3 Å². The van der Waals surface area contributed by atoms with Crippen molar-refractivity contribution in [2.45, 2.75) is 17.5 Å². The van der Waals surface area contributed by atoms with Gasteiger partial charge in [-0.1, -0.05) is 54.2 Å². The Balaban J connectivity index is 1.24. The number of benzene rings is 3. The summed E-state index contributed by atoms with van der Waals surface area (Å²) in [5.41, 5.74) is 5.70. The number of fused-ring (bicyclic) bond motifs is 1. The molecular weight excluding hydrogens is 442 g/mol. The summed E-state index contributed by atoms with van der Waals surface area (Å²) in [7, 11) is 2.17. The largest absolute Gasteiger partial charge is 0.333 e. The van der Waals surface area contributed by atoms with Crippen molar-refractivity contribution in [3.8, 4) is 0 Å². The molecule has 1 aliphatic rings. The van der Waals surface area contributed by atoms with E-state index in [9.17, 15) is 4.79 Å². The number of nitrogens with zero attached hydrogens (tertiary/aromatic N) is 3. The lowest BCUT2D eigenvalue weighted by atomic mass is 10.1. The number of amides is 1. The fourth-order valence-electron chi connectivity index (χ4n) is 4.22. The van der Waals surface area contributed by atoms with Crippen molar-refractivity contribution in [2.75, 3.05) is 38.5 Å². The number of thioether (sulfide) groups is 1. The van der Waals surface area contributed by atoms with E-state index < -0.39 is 0 Å². The predicted octanol–water partition coefficient (Wildman–Crippen LogP) is 4.85. The van der Waals surface area contributed by atoms with Gasteiger partial charge in [-0.15, -0.1) is 0 Å². The molecule has 0 aliphatic carbocycles. The van der Waals surface area contributed by atoms with Crippen LogP contribution in [-0.2, 0) is 12.3 Å². The molecule has 6 nitrogen and oxygen atoms in total. The van der Waals surface area contributed by atoms with Crippen LogP contribution in [0.5, 0.6) is 0 Å². The number of H-pyrrole nitrogens is 1. The van der Waals surface area contributed by atoms with Crippen LogP contribution in [0.2, 0.25) is 0 Å². The number of carbonyl (C=O) groups is 1. The van der Waals surface area contributed by atoms with Crippen LogP contribution in [0.25, 0.3) is 11.0 Å². The van der Waals surface area contributed by atoms with E-state index in [1.807, 2.05) is 60.7 Å². The molecule has 2 heterocycles. The summed E-state index contributed by atoms with van der Waals surface area (Å²) < 4.78 is 0. The summed E-state index contributed by atoms with van der Waals surface area (Å²) in [6.07, 6.45) is 0. The van der Waals surface area contributed by atoms with Crippen LogP contribution in [0.3, 0.4) is 0 Å². The summed E-state index contributed by atoms with van der Waals surface area (Å²) in [6.45, 7) is 5.24. The molecule has 3 aromatic carbocycles. The Labute approximate surface area is 204 Å². The topological polar surface area (TPSA) is 64.3 Å².